The summed E-state index contributed by atoms with van der Waals surface area (Å²) in [6.07, 6.45) is 0.644. The molecule has 4 nitrogen and oxygen atoms in total. The molecule has 0 aromatic heterocycles. The Balaban J connectivity index is 2.64. The molecule has 28 heavy (non-hydrogen) atoms. The third-order valence-corrected chi connectivity index (χ3v) is 6.31. The van der Waals surface area contributed by atoms with E-state index in [2.05, 4.69) is 4.72 Å². The summed E-state index contributed by atoms with van der Waals surface area (Å²) in [4.78, 5) is 0. The van der Waals surface area contributed by atoms with Crippen LogP contribution in [0.3, 0.4) is 0 Å². The molecule has 1 N–H and O–H groups in total. The second-order valence-electron chi connectivity index (χ2n) is 7.33. The van der Waals surface area contributed by atoms with Crippen LogP contribution in [0.2, 0.25) is 5.02 Å². The van der Waals surface area contributed by atoms with E-state index in [1.165, 1.54) is 0 Å². The number of alkyl halides is 1. The van der Waals surface area contributed by atoms with Gasteiger partial charge in [-0.2, -0.15) is 0 Å². The van der Waals surface area contributed by atoms with E-state index in [4.69, 9.17) is 32.7 Å². The van der Waals surface area contributed by atoms with E-state index in [1.807, 2.05) is 57.2 Å². The molecule has 2 atom stereocenters. The Morgan fingerprint density at radius 1 is 1.07 bits per heavy atom. The third kappa shape index (κ3) is 5.63. The summed E-state index contributed by atoms with van der Waals surface area (Å²) in [5.74, 6) is 1.70. The van der Waals surface area contributed by atoms with Crippen molar-refractivity contribution in [2.75, 3.05) is 20.1 Å². The number of aryl methyl sites for hydroxylation is 1. The Morgan fingerprint density at radius 2 is 1.64 bits per heavy atom. The van der Waals surface area contributed by atoms with Crippen molar-refractivity contribution in [3.63, 3.8) is 0 Å². The Bertz CT molecular complexity index is 820. The van der Waals surface area contributed by atoms with Gasteiger partial charge in [0.15, 0.2) is 11.5 Å². The lowest BCUT2D eigenvalue weighted by Crippen LogP contribution is -2.36. The fraction of sp³-hybridized carbons (Fsp3) is 0.429. The zero-order valence-electron chi connectivity index (χ0n) is 16.8. The van der Waals surface area contributed by atoms with Gasteiger partial charge in [0.2, 0.25) is 0 Å². The van der Waals surface area contributed by atoms with Crippen molar-refractivity contribution in [1.29, 1.82) is 0 Å². The average Bonchev–Trinajstić information content (AvgIpc) is 2.66. The van der Waals surface area contributed by atoms with Crippen LogP contribution in [0.5, 0.6) is 11.5 Å². The summed E-state index contributed by atoms with van der Waals surface area (Å²) in [6, 6.07) is 11.0. The highest BCUT2D eigenvalue weighted by Gasteiger charge is 2.27. The topological polar surface area (TPSA) is 47.6 Å². The third-order valence-electron chi connectivity index (χ3n) is 4.30. The number of ether oxygens (including phenoxy) is 2. The zero-order valence-corrected chi connectivity index (χ0v) is 19.2. The number of rotatable bonds is 8. The normalized spacial score (nSPS) is 13.8. The standard InChI is InChI=1S/C21H27Cl2NO3S/c1-21(2,3)28(25)24-20(14-6-8-16(23)9-7-14)17-13-19(27-5)18(26-4)12-15(17)10-11-22/h6-9,12-13,20,24H,10-11H2,1-5H3/t20-,28?/m0/s1. The molecule has 0 heterocycles. The van der Waals surface area contributed by atoms with Gasteiger partial charge in [-0.05, 0) is 68.1 Å². The van der Waals surface area contributed by atoms with E-state index in [9.17, 15) is 4.21 Å². The van der Waals surface area contributed by atoms with Crippen LogP contribution < -0.4 is 14.2 Å². The number of methoxy groups -OCH3 is 2. The highest BCUT2D eigenvalue weighted by atomic mass is 35.5. The average molecular weight is 444 g/mol. The zero-order chi connectivity index (χ0) is 20.9. The van der Waals surface area contributed by atoms with Crippen LogP contribution in [0.15, 0.2) is 36.4 Å². The lowest BCUT2D eigenvalue weighted by atomic mass is 9.93. The van der Waals surface area contributed by atoms with Gasteiger partial charge < -0.3 is 9.47 Å². The number of benzene rings is 2. The molecule has 0 bridgehead atoms. The summed E-state index contributed by atoms with van der Waals surface area (Å²) in [5.41, 5.74) is 2.90. The minimum Gasteiger partial charge on any atom is -0.493 e. The first kappa shape index (κ1) is 23.0. The number of hydrogen-bond acceptors (Lipinski definition) is 3. The van der Waals surface area contributed by atoms with E-state index in [1.54, 1.807) is 14.2 Å². The molecule has 0 aliphatic heterocycles. The molecule has 0 radical (unpaired) electrons. The van der Waals surface area contributed by atoms with Crippen molar-refractivity contribution in [1.82, 2.24) is 4.72 Å². The first-order valence-electron chi connectivity index (χ1n) is 8.95. The van der Waals surface area contributed by atoms with Crippen molar-refractivity contribution in [3.8, 4) is 11.5 Å². The Hall–Kier alpha value is -1.27. The van der Waals surface area contributed by atoms with Gasteiger partial charge in [0.05, 0.1) is 36.0 Å². The van der Waals surface area contributed by atoms with E-state index in [0.717, 1.165) is 16.7 Å². The van der Waals surface area contributed by atoms with Gasteiger partial charge in [-0.15, -0.1) is 11.6 Å². The van der Waals surface area contributed by atoms with Gasteiger partial charge in [-0.1, -0.05) is 23.7 Å². The SMILES string of the molecule is COc1cc(CCCl)c([C@@H](NS(=O)C(C)(C)C)c2ccc(Cl)cc2)cc1OC. The van der Waals surface area contributed by atoms with E-state index >= 15 is 0 Å². The predicted octanol–water partition coefficient (Wildman–Crippen LogP) is 5.28. The molecule has 2 aromatic rings. The van der Waals surface area contributed by atoms with Crippen molar-refractivity contribution in [3.05, 3.63) is 58.1 Å². The molecule has 0 fully saturated rings. The Kier molecular flexibility index (Phi) is 8.19. The van der Waals surface area contributed by atoms with Crippen LogP contribution in [0.25, 0.3) is 0 Å². The molecule has 0 saturated carbocycles. The fourth-order valence-corrected chi connectivity index (χ4v) is 3.93. The van der Waals surface area contributed by atoms with Gasteiger partial charge in [0, 0.05) is 10.9 Å². The maximum atomic E-state index is 12.9. The van der Waals surface area contributed by atoms with Gasteiger partial charge in [-0.3, -0.25) is 0 Å². The summed E-state index contributed by atoms with van der Waals surface area (Å²) in [7, 11) is 1.91. The smallest absolute Gasteiger partial charge is 0.161 e. The molecule has 0 amide bonds. The summed E-state index contributed by atoms with van der Waals surface area (Å²) < 4.78 is 26.7. The van der Waals surface area contributed by atoms with Crippen LogP contribution in [0.1, 0.15) is 43.5 Å². The minimum absolute atomic E-state index is 0.324. The van der Waals surface area contributed by atoms with Crippen molar-refractivity contribution in [2.24, 2.45) is 0 Å². The summed E-state index contributed by atoms with van der Waals surface area (Å²) >= 11 is 12.1. The molecule has 1 unspecified atom stereocenters. The Labute approximate surface area is 180 Å². The molecule has 2 rings (SSSR count). The van der Waals surface area contributed by atoms with Crippen LogP contribution in [-0.2, 0) is 17.4 Å². The Morgan fingerprint density at radius 3 is 2.14 bits per heavy atom. The molecule has 0 saturated heterocycles. The first-order chi connectivity index (χ1) is 13.2. The molecular weight excluding hydrogens is 417 g/mol. The second-order valence-corrected chi connectivity index (χ2v) is 10.1. The number of halogens is 2. The maximum absolute atomic E-state index is 12.9. The lowest BCUT2D eigenvalue weighted by molar-refractivity contribution is 0.354. The van der Waals surface area contributed by atoms with Gasteiger partial charge in [-0.25, -0.2) is 8.93 Å². The molecule has 7 heteroatoms. The fourth-order valence-electron chi connectivity index (χ4n) is 2.77. The molecular formula is C21H27Cl2NO3S. The van der Waals surface area contributed by atoms with Crippen molar-refractivity contribution >= 4 is 34.2 Å². The van der Waals surface area contributed by atoms with Crippen LogP contribution >= 0.6 is 23.2 Å². The highest BCUT2D eigenvalue weighted by Crippen LogP contribution is 2.36. The van der Waals surface area contributed by atoms with Crippen molar-refractivity contribution < 1.29 is 13.7 Å². The molecule has 154 valence electrons. The maximum Gasteiger partial charge on any atom is 0.161 e. The van der Waals surface area contributed by atoms with Crippen LogP contribution in [0, 0.1) is 0 Å². The number of hydrogen-bond donors (Lipinski definition) is 1. The molecule has 2 aromatic carbocycles. The second kappa shape index (κ2) is 9.97. The van der Waals surface area contributed by atoms with E-state index in [0.29, 0.717) is 28.8 Å². The quantitative estimate of drug-likeness (QED) is 0.564. The monoisotopic (exact) mass is 443 g/mol. The molecule has 0 aliphatic carbocycles. The minimum atomic E-state index is -1.29. The van der Waals surface area contributed by atoms with Crippen LogP contribution in [0.4, 0.5) is 0 Å². The first-order valence-corrected chi connectivity index (χ1v) is 11.0. The van der Waals surface area contributed by atoms with Crippen molar-refractivity contribution in [2.45, 2.75) is 38.0 Å². The predicted molar refractivity (Wildman–Crippen MR) is 118 cm³/mol. The summed E-state index contributed by atoms with van der Waals surface area (Å²) in [5, 5.41) is 0.646. The molecule has 0 aliphatic rings. The van der Waals surface area contributed by atoms with Gasteiger partial charge in [0.1, 0.15) is 0 Å². The molecule has 0 spiro atoms. The van der Waals surface area contributed by atoms with E-state index < -0.39 is 15.7 Å². The summed E-state index contributed by atoms with van der Waals surface area (Å²) in [6.45, 7) is 5.80. The lowest BCUT2D eigenvalue weighted by Gasteiger charge is -2.27. The van der Waals surface area contributed by atoms with Crippen LogP contribution in [-0.4, -0.2) is 29.1 Å². The van der Waals surface area contributed by atoms with E-state index in [-0.39, 0.29) is 6.04 Å². The highest BCUT2D eigenvalue weighted by molar-refractivity contribution is 7.84. The van der Waals surface area contributed by atoms with Gasteiger partial charge >= 0.3 is 0 Å². The largest absolute Gasteiger partial charge is 0.493 e. The number of nitrogens with one attached hydrogen (secondary N) is 1. The van der Waals surface area contributed by atoms with Gasteiger partial charge in [0.25, 0.3) is 0 Å².